The molecule has 1 N–H and O–H groups in total. The maximum Gasteiger partial charge on any atom is 0.317 e. The average molecular weight is 277 g/mol. The number of amides is 1. The van der Waals surface area contributed by atoms with E-state index >= 15 is 0 Å². The first-order chi connectivity index (χ1) is 9.65. The van der Waals surface area contributed by atoms with Crippen LogP contribution in [-0.4, -0.2) is 64.5 Å². The number of aliphatic carboxylic acids is 1. The van der Waals surface area contributed by atoms with E-state index in [0.29, 0.717) is 26.1 Å². The highest BCUT2D eigenvalue weighted by Crippen LogP contribution is 2.06. The Morgan fingerprint density at radius 1 is 1.20 bits per heavy atom. The van der Waals surface area contributed by atoms with Crippen molar-refractivity contribution < 1.29 is 14.7 Å². The summed E-state index contributed by atoms with van der Waals surface area (Å²) >= 11 is 0. The van der Waals surface area contributed by atoms with Gasteiger partial charge in [-0.05, 0) is 18.6 Å². The van der Waals surface area contributed by atoms with Gasteiger partial charge in [0, 0.05) is 38.1 Å². The molecule has 0 spiro atoms. The van der Waals surface area contributed by atoms with E-state index in [1.807, 2.05) is 23.1 Å². The molecule has 1 saturated heterocycles. The van der Waals surface area contributed by atoms with Crippen molar-refractivity contribution in [3.8, 4) is 0 Å². The topological polar surface area (TPSA) is 73.7 Å². The number of carbonyl (C=O) groups is 2. The second-order valence-corrected chi connectivity index (χ2v) is 4.90. The van der Waals surface area contributed by atoms with E-state index in [2.05, 4.69) is 4.98 Å². The molecule has 6 heteroatoms. The Morgan fingerprint density at radius 2 is 2.05 bits per heavy atom. The number of aromatic nitrogens is 1. The van der Waals surface area contributed by atoms with Gasteiger partial charge in [-0.2, -0.15) is 0 Å². The van der Waals surface area contributed by atoms with Gasteiger partial charge in [0.05, 0.1) is 13.0 Å². The molecule has 0 bridgehead atoms. The van der Waals surface area contributed by atoms with Crippen molar-refractivity contribution in [3.63, 3.8) is 0 Å². The third-order valence-electron chi connectivity index (χ3n) is 3.36. The highest BCUT2D eigenvalue weighted by Gasteiger charge is 2.20. The summed E-state index contributed by atoms with van der Waals surface area (Å²) in [6.07, 6.45) is 2.79. The van der Waals surface area contributed by atoms with Crippen LogP contribution in [0.25, 0.3) is 0 Å². The van der Waals surface area contributed by atoms with Crippen molar-refractivity contribution in [3.05, 3.63) is 30.1 Å². The summed E-state index contributed by atoms with van der Waals surface area (Å²) in [5, 5.41) is 8.80. The van der Waals surface area contributed by atoms with Crippen molar-refractivity contribution in [2.75, 3.05) is 32.7 Å². The third-order valence-corrected chi connectivity index (χ3v) is 3.36. The number of carboxylic acid groups (broad SMARTS) is 1. The normalized spacial score (nSPS) is 16.7. The highest BCUT2D eigenvalue weighted by molar-refractivity contribution is 5.78. The highest BCUT2D eigenvalue weighted by atomic mass is 16.4. The summed E-state index contributed by atoms with van der Waals surface area (Å²) < 4.78 is 0. The fourth-order valence-electron chi connectivity index (χ4n) is 2.34. The van der Waals surface area contributed by atoms with Crippen molar-refractivity contribution in [2.45, 2.75) is 12.8 Å². The lowest BCUT2D eigenvalue weighted by Crippen LogP contribution is -2.37. The minimum absolute atomic E-state index is 0.0439. The van der Waals surface area contributed by atoms with Crippen LogP contribution in [0.5, 0.6) is 0 Å². The van der Waals surface area contributed by atoms with Crippen molar-refractivity contribution in [1.82, 2.24) is 14.8 Å². The first-order valence-electron chi connectivity index (χ1n) is 6.77. The van der Waals surface area contributed by atoms with Gasteiger partial charge in [-0.15, -0.1) is 0 Å². The number of hydrogen-bond acceptors (Lipinski definition) is 4. The number of carboxylic acids is 1. The lowest BCUT2D eigenvalue weighted by atomic mass is 10.2. The molecule has 2 heterocycles. The molecule has 1 aliphatic heterocycles. The van der Waals surface area contributed by atoms with Crippen LogP contribution in [0.15, 0.2) is 24.4 Å². The predicted octanol–water partition coefficient (Wildman–Crippen LogP) is 0.243. The smallest absolute Gasteiger partial charge is 0.317 e. The van der Waals surface area contributed by atoms with Crippen LogP contribution < -0.4 is 0 Å². The lowest BCUT2D eigenvalue weighted by molar-refractivity contribution is -0.138. The molecule has 0 unspecified atom stereocenters. The van der Waals surface area contributed by atoms with E-state index in [1.165, 1.54) is 0 Å². The zero-order chi connectivity index (χ0) is 14.4. The molecular formula is C14H19N3O3. The van der Waals surface area contributed by atoms with Gasteiger partial charge in [-0.1, -0.05) is 6.07 Å². The summed E-state index contributed by atoms with van der Waals surface area (Å²) in [5.74, 6) is -0.765. The number of rotatable bonds is 4. The van der Waals surface area contributed by atoms with Gasteiger partial charge in [0.2, 0.25) is 5.91 Å². The Bertz CT molecular complexity index is 464. The van der Waals surface area contributed by atoms with E-state index in [0.717, 1.165) is 18.7 Å². The molecule has 1 fully saturated rings. The zero-order valence-corrected chi connectivity index (χ0v) is 11.4. The maximum absolute atomic E-state index is 12.2. The largest absolute Gasteiger partial charge is 0.480 e. The Hall–Kier alpha value is -1.95. The second kappa shape index (κ2) is 7.00. The van der Waals surface area contributed by atoms with Crippen molar-refractivity contribution in [2.24, 2.45) is 0 Å². The molecular weight excluding hydrogens is 258 g/mol. The Kier molecular flexibility index (Phi) is 5.06. The fourth-order valence-corrected chi connectivity index (χ4v) is 2.34. The monoisotopic (exact) mass is 277 g/mol. The predicted molar refractivity (Wildman–Crippen MR) is 73.2 cm³/mol. The van der Waals surface area contributed by atoms with E-state index in [4.69, 9.17) is 5.11 Å². The van der Waals surface area contributed by atoms with Crippen LogP contribution in [0.3, 0.4) is 0 Å². The average Bonchev–Trinajstić information content (AvgIpc) is 2.65. The van der Waals surface area contributed by atoms with E-state index < -0.39 is 5.97 Å². The minimum atomic E-state index is -0.821. The summed E-state index contributed by atoms with van der Waals surface area (Å²) in [7, 11) is 0. The van der Waals surface area contributed by atoms with Gasteiger partial charge in [0.15, 0.2) is 0 Å². The van der Waals surface area contributed by atoms with Gasteiger partial charge in [-0.3, -0.25) is 19.5 Å². The SMILES string of the molecule is O=C(O)CN1CCCN(C(=O)Cc2ccccn2)CC1. The molecule has 2 rings (SSSR count). The Balaban J connectivity index is 1.86. The molecule has 108 valence electrons. The zero-order valence-electron chi connectivity index (χ0n) is 11.4. The number of carbonyl (C=O) groups excluding carboxylic acids is 1. The van der Waals surface area contributed by atoms with Crippen molar-refractivity contribution in [1.29, 1.82) is 0 Å². The molecule has 6 nitrogen and oxygen atoms in total. The van der Waals surface area contributed by atoms with Crippen LogP contribution >= 0.6 is 0 Å². The van der Waals surface area contributed by atoms with E-state index in [-0.39, 0.29) is 12.5 Å². The summed E-state index contributed by atoms with van der Waals surface area (Å²) in [4.78, 5) is 30.7. The molecule has 0 saturated carbocycles. The van der Waals surface area contributed by atoms with Crippen LogP contribution in [-0.2, 0) is 16.0 Å². The number of nitrogens with zero attached hydrogens (tertiary/aromatic N) is 3. The van der Waals surface area contributed by atoms with Crippen molar-refractivity contribution >= 4 is 11.9 Å². The Morgan fingerprint density at radius 3 is 2.75 bits per heavy atom. The molecule has 20 heavy (non-hydrogen) atoms. The van der Waals surface area contributed by atoms with Gasteiger partial charge < -0.3 is 10.0 Å². The first kappa shape index (κ1) is 14.5. The van der Waals surface area contributed by atoms with Crippen LogP contribution in [0.2, 0.25) is 0 Å². The molecule has 0 radical (unpaired) electrons. The molecule has 1 amide bonds. The van der Waals surface area contributed by atoms with Gasteiger partial charge in [0.1, 0.15) is 0 Å². The minimum Gasteiger partial charge on any atom is -0.480 e. The van der Waals surface area contributed by atoms with E-state index in [9.17, 15) is 9.59 Å². The number of pyridine rings is 1. The molecule has 1 aromatic heterocycles. The summed E-state index contributed by atoms with van der Waals surface area (Å²) in [5.41, 5.74) is 0.768. The fraction of sp³-hybridized carbons (Fsp3) is 0.500. The molecule has 0 aromatic carbocycles. The lowest BCUT2D eigenvalue weighted by Gasteiger charge is -2.21. The van der Waals surface area contributed by atoms with Gasteiger partial charge in [-0.25, -0.2) is 0 Å². The quantitative estimate of drug-likeness (QED) is 0.853. The van der Waals surface area contributed by atoms with Gasteiger partial charge in [0.25, 0.3) is 0 Å². The molecule has 1 aliphatic rings. The number of hydrogen-bond donors (Lipinski definition) is 1. The summed E-state index contributed by atoms with van der Waals surface area (Å²) in [6.45, 7) is 2.64. The standard InChI is InChI=1S/C14H19N3O3/c18-13(10-12-4-1-2-5-15-12)17-7-3-6-16(8-9-17)11-14(19)20/h1-2,4-5H,3,6-11H2,(H,19,20). The van der Waals surface area contributed by atoms with Crippen LogP contribution in [0, 0.1) is 0 Å². The first-order valence-corrected chi connectivity index (χ1v) is 6.77. The maximum atomic E-state index is 12.2. The van der Waals surface area contributed by atoms with Crippen LogP contribution in [0.1, 0.15) is 12.1 Å². The third kappa shape index (κ3) is 4.31. The molecule has 0 aliphatic carbocycles. The van der Waals surface area contributed by atoms with E-state index in [1.54, 1.807) is 11.1 Å². The second-order valence-electron chi connectivity index (χ2n) is 4.90. The summed E-state index contributed by atoms with van der Waals surface area (Å²) in [6, 6.07) is 5.53. The molecule has 1 aromatic rings. The molecule has 0 atom stereocenters. The Labute approximate surface area is 118 Å². The van der Waals surface area contributed by atoms with Gasteiger partial charge >= 0.3 is 5.97 Å². The van der Waals surface area contributed by atoms with Crippen LogP contribution in [0.4, 0.5) is 0 Å².